The molecule has 0 amide bonds. The number of hydrogen-bond donors (Lipinski definition) is 0. The maximum absolute atomic E-state index is 14.3. The molecule has 3 rings (SSSR count). The summed E-state index contributed by atoms with van der Waals surface area (Å²) in [6.45, 7) is 1.65. The number of nitrogens with zero attached hydrogens (tertiary/aromatic N) is 1. The van der Waals surface area contributed by atoms with Gasteiger partial charge in [0.15, 0.2) is 0 Å². The second-order valence-electron chi connectivity index (χ2n) is 6.03. The van der Waals surface area contributed by atoms with Crippen molar-refractivity contribution in [2.45, 2.75) is 31.9 Å². The number of isothiocyanates is 1. The average molecular weight is 359 g/mol. The third kappa shape index (κ3) is 3.81. The summed E-state index contributed by atoms with van der Waals surface area (Å²) in [6, 6.07) is 8.84. The first kappa shape index (κ1) is 17.4. The second kappa shape index (κ2) is 7.21. The van der Waals surface area contributed by atoms with Crippen molar-refractivity contribution in [3.8, 4) is 11.1 Å². The van der Waals surface area contributed by atoms with Crippen LogP contribution in [-0.4, -0.2) is 23.3 Å². The molecule has 0 atom stereocenters. The van der Waals surface area contributed by atoms with Crippen molar-refractivity contribution >= 4 is 23.3 Å². The molecule has 0 spiro atoms. The number of rotatable bonds is 4. The van der Waals surface area contributed by atoms with Gasteiger partial charge in [-0.25, -0.2) is 18.6 Å². The maximum atomic E-state index is 14.3. The number of aryl methyl sites for hydroxylation is 1. The quantitative estimate of drug-likeness (QED) is 0.450. The third-order valence-electron chi connectivity index (χ3n) is 4.27. The Kier molecular flexibility index (Phi) is 5.02. The van der Waals surface area contributed by atoms with E-state index in [1.54, 1.807) is 25.1 Å². The van der Waals surface area contributed by atoms with Gasteiger partial charge in [0, 0.05) is 12.8 Å². The van der Waals surface area contributed by atoms with Crippen molar-refractivity contribution in [3.63, 3.8) is 0 Å². The molecule has 0 N–H and O–H groups in total. The molecule has 6 heteroatoms. The van der Waals surface area contributed by atoms with E-state index in [9.17, 15) is 13.6 Å². The summed E-state index contributed by atoms with van der Waals surface area (Å²) >= 11 is 4.52. The highest BCUT2D eigenvalue weighted by Gasteiger charge is 2.32. The molecule has 0 saturated heterocycles. The van der Waals surface area contributed by atoms with E-state index in [-0.39, 0.29) is 23.5 Å². The van der Waals surface area contributed by atoms with E-state index in [2.05, 4.69) is 22.4 Å². The fourth-order valence-electron chi connectivity index (χ4n) is 2.66. The molecule has 0 unspecified atom stereocenters. The molecule has 2 aromatic rings. The Morgan fingerprint density at radius 2 is 1.80 bits per heavy atom. The fraction of sp³-hybridized carbons (Fsp3) is 0.263. The van der Waals surface area contributed by atoms with Crippen molar-refractivity contribution in [2.24, 2.45) is 4.99 Å². The number of aliphatic imine (C=N–C) groups is 1. The van der Waals surface area contributed by atoms with E-state index in [1.165, 1.54) is 18.2 Å². The van der Waals surface area contributed by atoms with Gasteiger partial charge in [-0.1, -0.05) is 18.2 Å². The van der Waals surface area contributed by atoms with Crippen LogP contribution >= 0.6 is 12.2 Å². The molecule has 0 heterocycles. The highest BCUT2D eigenvalue weighted by molar-refractivity contribution is 7.78. The van der Waals surface area contributed by atoms with Gasteiger partial charge >= 0.3 is 5.97 Å². The van der Waals surface area contributed by atoms with Gasteiger partial charge in [-0.3, -0.25) is 0 Å². The van der Waals surface area contributed by atoms with Gasteiger partial charge in [0.2, 0.25) is 0 Å². The predicted molar refractivity (Wildman–Crippen MR) is 93.8 cm³/mol. The van der Waals surface area contributed by atoms with E-state index in [4.69, 9.17) is 4.74 Å². The van der Waals surface area contributed by atoms with E-state index < -0.39 is 11.8 Å². The first-order chi connectivity index (χ1) is 12.0. The molecule has 25 heavy (non-hydrogen) atoms. The lowest BCUT2D eigenvalue weighted by atomic mass is 9.90. The highest BCUT2D eigenvalue weighted by Crippen LogP contribution is 2.28. The van der Waals surface area contributed by atoms with Crippen LogP contribution in [0.5, 0.6) is 0 Å². The summed E-state index contributed by atoms with van der Waals surface area (Å²) in [4.78, 5) is 16.0. The Balaban J connectivity index is 1.72. The van der Waals surface area contributed by atoms with Gasteiger partial charge in [0.1, 0.15) is 17.7 Å². The van der Waals surface area contributed by atoms with Gasteiger partial charge < -0.3 is 4.74 Å². The maximum Gasteiger partial charge on any atom is 0.341 e. The number of hydrogen-bond acceptors (Lipinski definition) is 4. The molecular formula is C19H15F2NO2S. The molecular weight excluding hydrogens is 344 g/mol. The smallest absolute Gasteiger partial charge is 0.341 e. The van der Waals surface area contributed by atoms with Crippen LogP contribution in [0.4, 0.5) is 8.78 Å². The van der Waals surface area contributed by atoms with E-state index in [1.807, 2.05) is 0 Å². The fourth-order valence-corrected chi connectivity index (χ4v) is 2.81. The summed E-state index contributed by atoms with van der Waals surface area (Å²) in [5.74, 6) is -1.77. The molecule has 1 saturated carbocycles. The number of ether oxygens (including phenoxy) is 1. The Hall–Kier alpha value is -2.43. The average Bonchev–Trinajstić information content (AvgIpc) is 2.55. The molecule has 3 nitrogen and oxygen atoms in total. The zero-order valence-corrected chi connectivity index (χ0v) is 14.3. The second-order valence-corrected chi connectivity index (χ2v) is 6.21. The van der Waals surface area contributed by atoms with Crippen LogP contribution in [0.15, 0.2) is 41.4 Å². The largest absolute Gasteiger partial charge is 0.459 e. The number of carbonyl (C=O) groups excluding carboxylic acids is 1. The number of benzene rings is 2. The van der Waals surface area contributed by atoms with Crippen LogP contribution < -0.4 is 0 Å². The standard InChI is InChI=1S/C19H15F2NO2S/c1-11-2-3-12(6-17(11)20)13-4-5-16(18(21)7-13)19(23)24-15-8-14(9-15)22-10-25/h2-7,14-15H,8-9H2,1H3. The minimum Gasteiger partial charge on any atom is -0.459 e. The number of halogens is 2. The summed E-state index contributed by atoms with van der Waals surface area (Å²) in [6.07, 6.45) is 0.852. The molecule has 1 aliphatic carbocycles. The van der Waals surface area contributed by atoms with Gasteiger partial charge in [-0.2, -0.15) is 0 Å². The first-order valence-electron chi connectivity index (χ1n) is 7.82. The van der Waals surface area contributed by atoms with Crippen LogP contribution in [0.25, 0.3) is 11.1 Å². The Bertz CT molecular complexity index is 872. The molecule has 2 aromatic carbocycles. The Labute approximate surface area is 149 Å². The summed E-state index contributed by atoms with van der Waals surface area (Å²) in [5, 5.41) is 2.29. The lowest BCUT2D eigenvalue weighted by Crippen LogP contribution is -2.36. The van der Waals surface area contributed by atoms with Crippen molar-refractivity contribution in [1.82, 2.24) is 0 Å². The first-order valence-corrected chi connectivity index (χ1v) is 8.23. The Morgan fingerprint density at radius 1 is 1.16 bits per heavy atom. The van der Waals surface area contributed by atoms with E-state index >= 15 is 0 Å². The molecule has 1 fully saturated rings. The lowest BCUT2D eigenvalue weighted by Gasteiger charge is -2.31. The van der Waals surface area contributed by atoms with E-state index in [0.717, 1.165) is 0 Å². The summed E-state index contributed by atoms with van der Waals surface area (Å²) < 4.78 is 33.2. The minimum atomic E-state index is -0.714. The molecule has 0 radical (unpaired) electrons. The van der Waals surface area contributed by atoms with Crippen LogP contribution in [-0.2, 0) is 4.74 Å². The molecule has 1 aliphatic rings. The molecule has 0 bridgehead atoms. The van der Waals surface area contributed by atoms with Gasteiger partial charge in [-0.15, -0.1) is 0 Å². The third-order valence-corrected chi connectivity index (χ3v) is 4.38. The number of thiocarbonyl (C=S) groups is 1. The van der Waals surface area contributed by atoms with Gasteiger partial charge in [-0.05, 0) is 54.0 Å². The highest BCUT2D eigenvalue weighted by atomic mass is 32.1. The number of esters is 1. The normalized spacial score (nSPS) is 18.8. The van der Waals surface area contributed by atoms with Crippen molar-refractivity contribution < 1.29 is 18.3 Å². The topological polar surface area (TPSA) is 38.7 Å². The van der Waals surface area contributed by atoms with Crippen LogP contribution in [0.2, 0.25) is 0 Å². The minimum absolute atomic E-state index is 0.0268. The van der Waals surface area contributed by atoms with E-state index in [0.29, 0.717) is 29.5 Å². The van der Waals surface area contributed by atoms with Crippen LogP contribution in [0.3, 0.4) is 0 Å². The summed E-state index contributed by atoms with van der Waals surface area (Å²) in [5.41, 5.74) is 1.41. The SMILES string of the molecule is Cc1ccc(-c2ccc(C(=O)OC3CC(N=C=S)C3)c(F)c2)cc1F. The van der Waals surface area contributed by atoms with Crippen LogP contribution in [0.1, 0.15) is 28.8 Å². The predicted octanol–water partition coefficient (Wildman–Crippen LogP) is 4.73. The molecule has 0 aliphatic heterocycles. The lowest BCUT2D eigenvalue weighted by molar-refractivity contribution is 0.00316. The zero-order valence-electron chi connectivity index (χ0n) is 13.5. The monoisotopic (exact) mass is 359 g/mol. The van der Waals surface area contributed by atoms with Gasteiger partial charge in [0.25, 0.3) is 0 Å². The zero-order chi connectivity index (χ0) is 18.0. The Morgan fingerprint density at radius 3 is 2.40 bits per heavy atom. The summed E-state index contributed by atoms with van der Waals surface area (Å²) in [7, 11) is 0. The number of carbonyl (C=O) groups is 1. The van der Waals surface area contributed by atoms with Crippen molar-refractivity contribution in [3.05, 3.63) is 59.2 Å². The van der Waals surface area contributed by atoms with Crippen molar-refractivity contribution in [2.75, 3.05) is 0 Å². The van der Waals surface area contributed by atoms with Gasteiger partial charge in [0.05, 0.1) is 16.8 Å². The molecule has 0 aromatic heterocycles. The van der Waals surface area contributed by atoms with Crippen molar-refractivity contribution in [1.29, 1.82) is 0 Å². The molecule has 128 valence electrons. The van der Waals surface area contributed by atoms with Crippen LogP contribution in [0, 0.1) is 18.6 Å².